The lowest BCUT2D eigenvalue weighted by molar-refractivity contribution is 1.18. The highest BCUT2D eigenvalue weighted by molar-refractivity contribution is 7.19. The third-order valence-electron chi connectivity index (χ3n) is 13.0. The predicted octanol–water partition coefficient (Wildman–Crippen LogP) is 13.0. The van der Waals surface area contributed by atoms with Gasteiger partial charge in [0, 0.05) is 33.5 Å². The Morgan fingerprint density at radius 3 is 1.48 bits per heavy atom. The molecule has 0 aliphatic rings. The van der Waals surface area contributed by atoms with Crippen molar-refractivity contribution in [2.75, 3.05) is 4.90 Å². The maximum absolute atomic E-state index is 2.69. The maximum atomic E-state index is 2.46. The van der Waals surface area contributed by atoms with Crippen molar-refractivity contribution in [1.29, 1.82) is 0 Å². The van der Waals surface area contributed by atoms with E-state index in [0.29, 0.717) is 0 Å². The molecule has 0 unspecified atom stereocenters. The number of fused-ring (bicyclic) bond motifs is 1. The van der Waals surface area contributed by atoms with Crippen LogP contribution in [0.4, 0.5) is 17.1 Å². The molecule has 0 spiro atoms. The van der Waals surface area contributed by atoms with Crippen LogP contribution in [0, 0.1) is 0 Å². The Balaban J connectivity index is 1.03. The van der Waals surface area contributed by atoms with Crippen LogP contribution in [-0.2, 0) is 0 Å². The molecule has 3 heteroatoms. The van der Waals surface area contributed by atoms with Gasteiger partial charge in [-0.3, -0.25) is 0 Å². The highest BCUT2D eigenvalue weighted by Crippen LogP contribution is 2.44. The summed E-state index contributed by atoms with van der Waals surface area (Å²) in [7, 11) is -2.69. The van der Waals surface area contributed by atoms with Crippen molar-refractivity contribution in [3.63, 3.8) is 0 Å². The predicted molar refractivity (Wildman–Crippen MR) is 271 cm³/mol. The zero-order valence-corrected chi connectivity index (χ0v) is 35.6. The summed E-state index contributed by atoms with van der Waals surface area (Å²) in [6.45, 7) is 0. The van der Waals surface area contributed by atoms with Gasteiger partial charge < -0.3 is 9.47 Å². The van der Waals surface area contributed by atoms with Crippen molar-refractivity contribution in [2.24, 2.45) is 0 Å². The fraction of sp³-hybridized carbons (Fsp3) is 0. The number of para-hydroxylation sites is 1. The quantitative estimate of drug-likeness (QED) is 0.0800. The summed E-state index contributed by atoms with van der Waals surface area (Å²) in [6.07, 6.45) is 0. The minimum absolute atomic E-state index is 1.10. The van der Waals surface area contributed by atoms with Crippen molar-refractivity contribution in [3.8, 4) is 16.8 Å². The van der Waals surface area contributed by atoms with E-state index in [1.54, 1.807) is 0 Å². The normalized spacial score (nSPS) is 11.8. The molecule has 1 heterocycles. The molecule has 0 atom stereocenters. The van der Waals surface area contributed by atoms with E-state index in [9.17, 15) is 0 Å². The van der Waals surface area contributed by atoms with Gasteiger partial charge in [-0.2, -0.15) is 0 Å². The SMILES string of the molecule is c1ccc(-n2c3cccc4ccc5cc(N(c6ccc(-c7cccc([Si](c8ccccc8)(c8ccccc8)c8ccccc8)c7)cc6)c6ccc7ccccc7c6)cc2c5c43)cc1. The first kappa shape index (κ1) is 36.8. The smallest absolute Gasteiger partial charge is 0.179 e. The van der Waals surface area contributed by atoms with Crippen LogP contribution < -0.4 is 25.6 Å². The van der Waals surface area contributed by atoms with E-state index >= 15 is 0 Å². The molecule has 2 nitrogen and oxygen atoms in total. The summed E-state index contributed by atoms with van der Waals surface area (Å²) in [5.41, 5.74) is 9.28. The number of hydrogen-bond acceptors (Lipinski definition) is 1. The third kappa shape index (κ3) is 6.08. The van der Waals surface area contributed by atoms with E-state index < -0.39 is 8.07 Å². The van der Waals surface area contributed by atoms with E-state index in [0.717, 1.165) is 22.7 Å². The van der Waals surface area contributed by atoms with E-state index in [2.05, 4.69) is 264 Å². The lowest BCUT2D eigenvalue weighted by Crippen LogP contribution is -2.74. The molecular weight excluding hydrogens is 777 g/mol. The van der Waals surface area contributed by atoms with Gasteiger partial charge in [0.1, 0.15) is 0 Å². The number of anilines is 3. The van der Waals surface area contributed by atoms with Crippen LogP contribution in [0.2, 0.25) is 0 Å². The Hall–Kier alpha value is -7.98. The van der Waals surface area contributed by atoms with Gasteiger partial charge in [0.25, 0.3) is 0 Å². The Kier molecular flexibility index (Phi) is 8.87. The van der Waals surface area contributed by atoms with Gasteiger partial charge in [-0.25, -0.2) is 0 Å². The van der Waals surface area contributed by atoms with Gasteiger partial charge >= 0.3 is 0 Å². The van der Waals surface area contributed by atoms with Crippen molar-refractivity contribution >= 4 is 89.2 Å². The van der Waals surface area contributed by atoms with Crippen molar-refractivity contribution < 1.29 is 0 Å². The van der Waals surface area contributed by atoms with E-state index in [4.69, 9.17) is 0 Å². The molecule has 0 fully saturated rings. The number of hydrogen-bond donors (Lipinski definition) is 0. The van der Waals surface area contributed by atoms with Crippen molar-refractivity contribution in [3.05, 3.63) is 255 Å². The molecule has 12 aromatic rings. The van der Waals surface area contributed by atoms with Crippen LogP contribution in [-0.4, -0.2) is 12.6 Å². The van der Waals surface area contributed by atoms with Crippen molar-refractivity contribution in [1.82, 2.24) is 4.57 Å². The molecule has 0 saturated heterocycles. The number of rotatable bonds is 9. The van der Waals surface area contributed by atoms with Crippen LogP contribution in [0.1, 0.15) is 0 Å². The molecule has 1 aromatic heterocycles. The zero-order chi connectivity index (χ0) is 41.7. The first-order chi connectivity index (χ1) is 31.2. The second-order valence-electron chi connectivity index (χ2n) is 16.5. The van der Waals surface area contributed by atoms with Gasteiger partial charge in [0.05, 0.1) is 11.0 Å². The largest absolute Gasteiger partial charge is 0.310 e. The molecule has 296 valence electrons. The molecule has 0 amide bonds. The summed E-state index contributed by atoms with van der Waals surface area (Å²) >= 11 is 0. The topological polar surface area (TPSA) is 8.17 Å². The second kappa shape index (κ2) is 15.2. The average Bonchev–Trinajstić information content (AvgIpc) is 3.70. The number of aromatic nitrogens is 1. The first-order valence-electron chi connectivity index (χ1n) is 21.8. The fourth-order valence-electron chi connectivity index (χ4n) is 10.2. The van der Waals surface area contributed by atoms with Gasteiger partial charge in [-0.05, 0) is 108 Å². The Bertz CT molecular complexity index is 3450. The minimum Gasteiger partial charge on any atom is -0.310 e. The summed E-state index contributed by atoms with van der Waals surface area (Å²) in [5.74, 6) is 0. The third-order valence-corrected chi connectivity index (χ3v) is 17.8. The Morgan fingerprint density at radius 2 is 0.794 bits per heavy atom. The minimum atomic E-state index is -2.69. The first-order valence-corrected chi connectivity index (χ1v) is 23.8. The molecular formula is C60H42N2Si. The van der Waals surface area contributed by atoms with Crippen molar-refractivity contribution in [2.45, 2.75) is 0 Å². The van der Waals surface area contributed by atoms with Crippen LogP contribution in [0.25, 0.3) is 60.2 Å². The highest BCUT2D eigenvalue weighted by Gasteiger charge is 2.41. The Labute approximate surface area is 368 Å². The lowest BCUT2D eigenvalue weighted by atomic mass is 10.0. The molecule has 12 rings (SSSR count). The summed E-state index contributed by atoms with van der Waals surface area (Å²) in [5, 5.41) is 13.0. The molecule has 0 aliphatic heterocycles. The van der Waals surface area contributed by atoms with E-state index in [-0.39, 0.29) is 0 Å². The van der Waals surface area contributed by atoms with Gasteiger partial charge in [-0.15, -0.1) is 0 Å². The Morgan fingerprint density at radius 1 is 0.286 bits per heavy atom. The number of nitrogens with zero attached hydrogens (tertiary/aromatic N) is 2. The van der Waals surface area contributed by atoms with Crippen LogP contribution in [0.3, 0.4) is 0 Å². The summed E-state index contributed by atoms with van der Waals surface area (Å²) in [4.78, 5) is 2.43. The van der Waals surface area contributed by atoms with Crippen LogP contribution in [0.15, 0.2) is 255 Å². The zero-order valence-electron chi connectivity index (χ0n) is 34.6. The number of benzene rings is 11. The standard InChI is InChI=1S/C60H42N2Si/c1-5-21-49(22-6-1)62-57-30-16-19-45-31-32-48-40-52(42-58(62)60(48)59(45)57)61(51-38-35-43-17-13-14-18-46(43)39-51)50-36-33-44(34-37-50)47-20-15-29-56(41-47)63(53-23-7-2-8-24-53,54-25-9-3-10-26-54)55-27-11-4-12-28-55/h1-42H. The monoisotopic (exact) mass is 818 g/mol. The van der Waals surface area contributed by atoms with Gasteiger partial charge in [0.2, 0.25) is 0 Å². The average molecular weight is 819 g/mol. The molecule has 63 heavy (non-hydrogen) atoms. The highest BCUT2D eigenvalue weighted by atomic mass is 28.3. The second-order valence-corrected chi connectivity index (χ2v) is 20.3. The molecule has 11 aromatic carbocycles. The fourth-order valence-corrected chi connectivity index (χ4v) is 15.0. The maximum Gasteiger partial charge on any atom is 0.179 e. The van der Waals surface area contributed by atoms with E-state index in [1.165, 1.54) is 75.2 Å². The molecule has 0 bridgehead atoms. The summed E-state index contributed by atoms with van der Waals surface area (Å²) < 4.78 is 2.44. The van der Waals surface area contributed by atoms with Crippen LogP contribution in [0.5, 0.6) is 0 Å². The van der Waals surface area contributed by atoms with Gasteiger partial charge in [-0.1, -0.05) is 200 Å². The van der Waals surface area contributed by atoms with Crippen LogP contribution >= 0.6 is 0 Å². The lowest BCUT2D eigenvalue weighted by Gasteiger charge is -2.34. The van der Waals surface area contributed by atoms with Gasteiger partial charge in [0.15, 0.2) is 8.07 Å². The molecule has 0 N–H and O–H groups in total. The molecule has 0 aliphatic carbocycles. The van der Waals surface area contributed by atoms with E-state index in [1.807, 2.05) is 0 Å². The molecule has 0 radical (unpaired) electrons. The molecule has 0 saturated carbocycles. The summed E-state index contributed by atoms with van der Waals surface area (Å²) in [6, 6.07) is 94.2.